The van der Waals surface area contributed by atoms with Crippen molar-refractivity contribution in [2.45, 2.75) is 32.2 Å². The molecule has 1 atom stereocenters. The summed E-state index contributed by atoms with van der Waals surface area (Å²) in [6.07, 6.45) is 8.26. The highest BCUT2D eigenvalue weighted by molar-refractivity contribution is 5.21. The van der Waals surface area contributed by atoms with Gasteiger partial charge in [0.05, 0.1) is 0 Å². The normalized spacial score (nSPS) is 19.9. The third kappa shape index (κ3) is 3.23. The van der Waals surface area contributed by atoms with Gasteiger partial charge in [0.2, 0.25) is 0 Å². The van der Waals surface area contributed by atoms with Gasteiger partial charge in [-0.15, -0.1) is 0 Å². The van der Waals surface area contributed by atoms with Crippen molar-refractivity contribution in [3.8, 4) is 0 Å². The quantitative estimate of drug-likeness (QED) is 0.855. The van der Waals surface area contributed by atoms with Crippen LogP contribution in [-0.4, -0.2) is 28.0 Å². The highest BCUT2D eigenvalue weighted by atomic mass is 15.1. The molecule has 0 aliphatic carbocycles. The zero-order valence-electron chi connectivity index (χ0n) is 12.0. The van der Waals surface area contributed by atoms with Gasteiger partial charge in [-0.1, -0.05) is 0 Å². The molecule has 0 spiro atoms. The van der Waals surface area contributed by atoms with E-state index >= 15 is 0 Å². The molecule has 0 aromatic carbocycles. The minimum Gasteiger partial charge on any atom is -0.298 e. The summed E-state index contributed by atoms with van der Waals surface area (Å²) in [4.78, 5) is 10.9. The van der Waals surface area contributed by atoms with Crippen LogP contribution in [0.15, 0.2) is 42.9 Å². The fourth-order valence-electron chi connectivity index (χ4n) is 3.04. The molecule has 3 heteroatoms. The van der Waals surface area contributed by atoms with E-state index in [0.717, 1.165) is 18.8 Å². The lowest BCUT2D eigenvalue weighted by molar-refractivity contribution is 0.200. The maximum atomic E-state index is 4.30. The van der Waals surface area contributed by atoms with Crippen LogP contribution < -0.4 is 0 Å². The zero-order valence-corrected chi connectivity index (χ0v) is 12.0. The molecule has 3 nitrogen and oxygen atoms in total. The number of piperidine rings is 1. The number of likely N-dealkylation sites (tertiary alicyclic amines) is 1. The first-order valence-corrected chi connectivity index (χ1v) is 7.35. The van der Waals surface area contributed by atoms with Crippen LogP contribution in [0.3, 0.4) is 0 Å². The molecule has 3 heterocycles. The number of hydrogen-bond donors (Lipinski definition) is 0. The standard InChI is InChI=1S/C17H21N3/c1-14-11-16(6-9-19-14)17-3-2-10-20(13-17)12-15-4-7-18-8-5-15/h4-9,11,17H,2-3,10,12-13H2,1H3/t17-/m0/s1. The Morgan fingerprint density at radius 2 is 2.05 bits per heavy atom. The molecule has 104 valence electrons. The summed E-state index contributed by atoms with van der Waals surface area (Å²) in [5, 5.41) is 0. The van der Waals surface area contributed by atoms with Gasteiger partial charge < -0.3 is 0 Å². The van der Waals surface area contributed by atoms with Crippen molar-refractivity contribution >= 4 is 0 Å². The van der Waals surface area contributed by atoms with Crippen molar-refractivity contribution in [1.82, 2.24) is 14.9 Å². The van der Waals surface area contributed by atoms with Gasteiger partial charge in [-0.3, -0.25) is 14.9 Å². The monoisotopic (exact) mass is 267 g/mol. The molecule has 1 saturated heterocycles. The van der Waals surface area contributed by atoms with Crippen LogP contribution in [0.2, 0.25) is 0 Å². The maximum absolute atomic E-state index is 4.30. The Hall–Kier alpha value is -1.74. The van der Waals surface area contributed by atoms with Crippen molar-refractivity contribution in [2.24, 2.45) is 0 Å². The molecule has 3 rings (SSSR count). The Morgan fingerprint density at radius 1 is 1.20 bits per heavy atom. The molecule has 0 bridgehead atoms. The molecule has 0 N–H and O–H groups in total. The summed E-state index contributed by atoms with van der Waals surface area (Å²) in [6.45, 7) is 5.44. The van der Waals surface area contributed by atoms with E-state index in [4.69, 9.17) is 0 Å². The summed E-state index contributed by atoms with van der Waals surface area (Å²) in [5.41, 5.74) is 3.91. The number of hydrogen-bond acceptors (Lipinski definition) is 3. The molecule has 0 amide bonds. The third-order valence-electron chi connectivity index (χ3n) is 4.05. The van der Waals surface area contributed by atoms with Crippen LogP contribution in [0.5, 0.6) is 0 Å². The van der Waals surface area contributed by atoms with Crippen molar-refractivity contribution in [3.05, 3.63) is 59.7 Å². The third-order valence-corrected chi connectivity index (χ3v) is 4.05. The highest BCUT2D eigenvalue weighted by Gasteiger charge is 2.21. The summed E-state index contributed by atoms with van der Waals surface area (Å²) >= 11 is 0. The number of aromatic nitrogens is 2. The molecular formula is C17H21N3. The fourth-order valence-corrected chi connectivity index (χ4v) is 3.04. The van der Waals surface area contributed by atoms with E-state index in [9.17, 15) is 0 Å². The predicted molar refractivity (Wildman–Crippen MR) is 80.5 cm³/mol. The Labute approximate surface area is 120 Å². The van der Waals surface area contributed by atoms with Crippen molar-refractivity contribution in [2.75, 3.05) is 13.1 Å². The van der Waals surface area contributed by atoms with Gasteiger partial charge in [0.25, 0.3) is 0 Å². The Bertz CT molecular complexity index is 553. The molecule has 0 radical (unpaired) electrons. The SMILES string of the molecule is Cc1cc([C@H]2CCCN(Cc3ccncc3)C2)ccn1. The lowest BCUT2D eigenvalue weighted by atomic mass is 9.90. The molecule has 0 saturated carbocycles. The first-order valence-electron chi connectivity index (χ1n) is 7.35. The van der Waals surface area contributed by atoms with Crippen LogP contribution in [0.25, 0.3) is 0 Å². The van der Waals surface area contributed by atoms with Gasteiger partial charge in [-0.05, 0) is 67.6 Å². The Morgan fingerprint density at radius 3 is 2.85 bits per heavy atom. The molecular weight excluding hydrogens is 246 g/mol. The highest BCUT2D eigenvalue weighted by Crippen LogP contribution is 2.27. The second kappa shape index (κ2) is 6.14. The van der Waals surface area contributed by atoms with Crippen LogP contribution in [-0.2, 0) is 6.54 Å². The minimum absolute atomic E-state index is 0.646. The van der Waals surface area contributed by atoms with Crippen molar-refractivity contribution < 1.29 is 0 Å². The van der Waals surface area contributed by atoms with E-state index < -0.39 is 0 Å². The van der Waals surface area contributed by atoms with E-state index in [-0.39, 0.29) is 0 Å². The number of aryl methyl sites for hydroxylation is 1. The average Bonchev–Trinajstić information content (AvgIpc) is 2.49. The van der Waals surface area contributed by atoms with Crippen LogP contribution in [0.4, 0.5) is 0 Å². The van der Waals surface area contributed by atoms with Crippen LogP contribution in [0, 0.1) is 6.92 Å². The van der Waals surface area contributed by atoms with Crippen LogP contribution >= 0.6 is 0 Å². The molecule has 2 aromatic heterocycles. The van der Waals surface area contributed by atoms with Crippen molar-refractivity contribution in [1.29, 1.82) is 0 Å². The lowest BCUT2D eigenvalue weighted by Gasteiger charge is -2.33. The summed E-state index contributed by atoms with van der Waals surface area (Å²) < 4.78 is 0. The van der Waals surface area contributed by atoms with Gasteiger partial charge in [0.15, 0.2) is 0 Å². The predicted octanol–water partition coefficient (Wildman–Crippen LogP) is 3.16. The Balaban J connectivity index is 1.67. The lowest BCUT2D eigenvalue weighted by Crippen LogP contribution is -2.33. The summed E-state index contributed by atoms with van der Waals surface area (Å²) in [6, 6.07) is 8.63. The molecule has 2 aromatic rings. The van der Waals surface area contributed by atoms with Crippen molar-refractivity contribution in [3.63, 3.8) is 0 Å². The molecule has 0 unspecified atom stereocenters. The van der Waals surface area contributed by atoms with E-state index in [1.54, 1.807) is 0 Å². The van der Waals surface area contributed by atoms with Gasteiger partial charge >= 0.3 is 0 Å². The first-order chi connectivity index (χ1) is 9.81. The Kier molecular flexibility index (Phi) is 4.07. The molecule has 1 aliphatic heterocycles. The minimum atomic E-state index is 0.646. The molecule has 20 heavy (non-hydrogen) atoms. The maximum Gasteiger partial charge on any atom is 0.0375 e. The van der Waals surface area contributed by atoms with E-state index in [1.165, 1.54) is 30.5 Å². The smallest absolute Gasteiger partial charge is 0.0375 e. The topological polar surface area (TPSA) is 29.0 Å². The second-order valence-electron chi connectivity index (χ2n) is 5.66. The van der Waals surface area contributed by atoms with Gasteiger partial charge in [0, 0.05) is 37.4 Å². The average molecular weight is 267 g/mol. The molecule has 1 aliphatic rings. The second-order valence-corrected chi connectivity index (χ2v) is 5.66. The largest absolute Gasteiger partial charge is 0.298 e. The number of pyridine rings is 2. The number of rotatable bonds is 3. The fraction of sp³-hybridized carbons (Fsp3) is 0.412. The zero-order chi connectivity index (χ0) is 13.8. The summed E-state index contributed by atoms with van der Waals surface area (Å²) in [5.74, 6) is 0.646. The first kappa shape index (κ1) is 13.3. The van der Waals surface area contributed by atoms with E-state index in [0.29, 0.717) is 5.92 Å². The number of nitrogens with zero attached hydrogens (tertiary/aromatic N) is 3. The van der Waals surface area contributed by atoms with E-state index in [1.807, 2.05) is 18.6 Å². The van der Waals surface area contributed by atoms with Gasteiger partial charge in [0.1, 0.15) is 0 Å². The molecule has 1 fully saturated rings. The summed E-state index contributed by atoms with van der Waals surface area (Å²) in [7, 11) is 0. The van der Waals surface area contributed by atoms with Gasteiger partial charge in [-0.25, -0.2) is 0 Å². The van der Waals surface area contributed by atoms with Gasteiger partial charge in [-0.2, -0.15) is 0 Å². The van der Waals surface area contributed by atoms with Crippen LogP contribution in [0.1, 0.15) is 35.6 Å². The van der Waals surface area contributed by atoms with E-state index in [2.05, 4.69) is 46.1 Å².